The van der Waals surface area contributed by atoms with Crippen LogP contribution in [0.5, 0.6) is 0 Å². The number of nitrogens with zero attached hydrogens (tertiary/aromatic N) is 1. The molecule has 1 saturated heterocycles. The van der Waals surface area contributed by atoms with Gasteiger partial charge in [0.25, 0.3) is 0 Å². The van der Waals surface area contributed by atoms with Gasteiger partial charge in [0, 0.05) is 18.7 Å². The van der Waals surface area contributed by atoms with E-state index in [2.05, 4.69) is 5.32 Å². The predicted octanol–water partition coefficient (Wildman–Crippen LogP) is 2.33. The van der Waals surface area contributed by atoms with Crippen LogP contribution in [-0.2, 0) is 14.4 Å². The van der Waals surface area contributed by atoms with Gasteiger partial charge < -0.3 is 5.32 Å². The molecule has 2 atom stereocenters. The SMILES string of the molecule is O=C(CCN1C(=O)[C@@H]2CCCC[C@H]2C1=O)Nc1cccc(F)c1. The first-order valence-corrected chi connectivity index (χ1v) is 7.97. The van der Waals surface area contributed by atoms with Gasteiger partial charge in [-0.1, -0.05) is 18.9 Å². The minimum absolute atomic E-state index is 0.0213. The number of amides is 3. The predicted molar refractivity (Wildman–Crippen MR) is 81.8 cm³/mol. The molecule has 0 aromatic heterocycles. The Balaban J connectivity index is 1.56. The number of carbonyl (C=O) groups excluding carboxylic acids is 3. The van der Waals surface area contributed by atoms with Crippen molar-refractivity contribution in [1.82, 2.24) is 4.90 Å². The van der Waals surface area contributed by atoms with E-state index in [9.17, 15) is 18.8 Å². The second-order valence-electron chi connectivity index (χ2n) is 6.13. The van der Waals surface area contributed by atoms with Crippen molar-refractivity contribution in [3.05, 3.63) is 30.1 Å². The van der Waals surface area contributed by atoms with E-state index >= 15 is 0 Å². The number of carbonyl (C=O) groups is 3. The Labute approximate surface area is 133 Å². The number of hydrogen-bond acceptors (Lipinski definition) is 3. The summed E-state index contributed by atoms with van der Waals surface area (Å²) in [5.74, 6) is -1.44. The molecule has 1 N–H and O–H groups in total. The number of benzene rings is 1. The molecule has 1 aromatic carbocycles. The molecule has 6 heteroatoms. The molecular formula is C17H19FN2O3. The van der Waals surface area contributed by atoms with Crippen LogP contribution in [0.25, 0.3) is 0 Å². The summed E-state index contributed by atoms with van der Waals surface area (Å²) in [4.78, 5) is 37.7. The molecule has 1 aromatic rings. The highest BCUT2D eigenvalue weighted by Gasteiger charge is 2.47. The van der Waals surface area contributed by atoms with Gasteiger partial charge in [-0.25, -0.2) is 4.39 Å². The van der Waals surface area contributed by atoms with Crippen molar-refractivity contribution >= 4 is 23.4 Å². The molecule has 3 rings (SSSR count). The topological polar surface area (TPSA) is 66.5 Å². The van der Waals surface area contributed by atoms with E-state index in [0.29, 0.717) is 5.69 Å². The van der Waals surface area contributed by atoms with Gasteiger partial charge in [0.15, 0.2) is 0 Å². The molecule has 5 nitrogen and oxygen atoms in total. The first-order valence-electron chi connectivity index (χ1n) is 7.97. The van der Waals surface area contributed by atoms with E-state index in [4.69, 9.17) is 0 Å². The third-order valence-electron chi connectivity index (χ3n) is 4.60. The minimum atomic E-state index is -0.434. The Morgan fingerprint density at radius 1 is 1.17 bits per heavy atom. The normalized spacial score (nSPS) is 23.8. The Morgan fingerprint density at radius 3 is 2.43 bits per heavy atom. The van der Waals surface area contributed by atoms with Gasteiger partial charge in [0.1, 0.15) is 5.82 Å². The molecule has 23 heavy (non-hydrogen) atoms. The summed E-state index contributed by atoms with van der Waals surface area (Å²) >= 11 is 0. The zero-order valence-corrected chi connectivity index (χ0v) is 12.8. The van der Waals surface area contributed by atoms with Crippen molar-refractivity contribution in [2.45, 2.75) is 32.1 Å². The van der Waals surface area contributed by atoms with Crippen molar-refractivity contribution in [2.75, 3.05) is 11.9 Å². The highest BCUT2D eigenvalue weighted by atomic mass is 19.1. The summed E-state index contributed by atoms with van der Waals surface area (Å²) in [6, 6.07) is 5.60. The first kappa shape index (κ1) is 15.6. The lowest BCUT2D eigenvalue weighted by Gasteiger charge is -2.19. The number of halogens is 1. The summed E-state index contributed by atoms with van der Waals surface area (Å²) < 4.78 is 13.1. The average molecular weight is 318 g/mol. The van der Waals surface area contributed by atoms with Crippen molar-refractivity contribution < 1.29 is 18.8 Å². The fourth-order valence-corrected chi connectivity index (χ4v) is 3.45. The van der Waals surface area contributed by atoms with Crippen LogP contribution in [0.3, 0.4) is 0 Å². The molecular weight excluding hydrogens is 299 g/mol. The number of rotatable bonds is 4. The quantitative estimate of drug-likeness (QED) is 0.867. The third kappa shape index (κ3) is 3.25. The zero-order valence-electron chi connectivity index (χ0n) is 12.8. The number of anilines is 1. The zero-order chi connectivity index (χ0) is 16.4. The summed E-state index contributed by atoms with van der Waals surface area (Å²) in [6.45, 7) is 0.0891. The van der Waals surface area contributed by atoms with E-state index in [1.165, 1.54) is 23.1 Å². The van der Waals surface area contributed by atoms with Crippen LogP contribution in [0.1, 0.15) is 32.1 Å². The number of nitrogens with one attached hydrogen (secondary N) is 1. The fraction of sp³-hybridized carbons (Fsp3) is 0.471. The van der Waals surface area contributed by atoms with E-state index in [-0.39, 0.29) is 42.5 Å². The lowest BCUT2D eigenvalue weighted by atomic mass is 9.81. The van der Waals surface area contributed by atoms with Crippen LogP contribution < -0.4 is 5.32 Å². The molecule has 2 fully saturated rings. The summed E-state index contributed by atoms with van der Waals surface area (Å²) in [6.07, 6.45) is 3.51. The lowest BCUT2D eigenvalue weighted by molar-refractivity contribution is -0.140. The van der Waals surface area contributed by atoms with Gasteiger partial charge in [-0.2, -0.15) is 0 Å². The standard InChI is InChI=1S/C17H19FN2O3/c18-11-4-3-5-12(10-11)19-15(21)8-9-20-16(22)13-6-1-2-7-14(13)17(20)23/h3-5,10,13-14H,1-2,6-9H2,(H,19,21)/t13-,14-/m1/s1. The van der Waals surface area contributed by atoms with Gasteiger partial charge in [-0.05, 0) is 31.0 Å². The highest BCUT2D eigenvalue weighted by molar-refractivity contribution is 6.05. The number of likely N-dealkylation sites (tertiary alicyclic amines) is 1. The Hall–Kier alpha value is -2.24. The third-order valence-corrected chi connectivity index (χ3v) is 4.60. The number of imide groups is 1. The first-order chi connectivity index (χ1) is 11.1. The maximum Gasteiger partial charge on any atom is 0.233 e. The maximum absolute atomic E-state index is 13.1. The van der Waals surface area contributed by atoms with Gasteiger partial charge in [0.2, 0.25) is 17.7 Å². The Morgan fingerprint density at radius 2 is 1.83 bits per heavy atom. The minimum Gasteiger partial charge on any atom is -0.326 e. The number of hydrogen-bond donors (Lipinski definition) is 1. The molecule has 0 unspecified atom stereocenters. The van der Waals surface area contributed by atoms with Crippen molar-refractivity contribution in [3.8, 4) is 0 Å². The van der Waals surface area contributed by atoms with E-state index in [1.807, 2.05) is 0 Å². The van der Waals surface area contributed by atoms with E-state index in [0.717, 1.165) is 25.7 Å². The maximum atomic E-state index is 13.1. The molecule has 3 amide bonds. The molecule has 1 heterocycles. The van der Waals surface area contributed by atoms with E-state index < -0.39 is 5.82 Å². The van der Waals surface area contributed by atoms with Crippen molar-refractivity contribution in [2.24, 2.45) is 11.8 Å². The lowest BCUT2D eigenvalue weighted by Crippen LogP contribution is -2.34. The van der Waals surface area contributed by atoms with E-state index in [1.54, 1.807) is 6.07 Å². The van der Waals surface area contributed by atoms with Crippen LogP contribution in [-0.4, -0.2) is 29.2 Å². The van der Waals surface area contributed by atoms with Gasteiger partial charge in [0.05, 0.1) is 11.8 Å². The van der Waals surface area contributed by atoms with Crippen molar-refractivity contribution in [1.29, 1.82) is 0 Å². The smallest absolute Gasteiger partial charge is 0.233 e. The largest absolute Gasteiger partial charge is 0.326 e. The van der Waals surface area contributed by atoms with Crippen LogP contribution in [0.15, 0.2) is 24.3 Å². The van der Waals surface area contributed by atoms with Gasteiger partial charge >= 0.3 is 0 Å². The van der Waals surface area contributed by atoms with Gasteiger partial charge in [-0.15, -0.1) is 0 Å². The fourth-order valence-electron chi connectivity index (χ4n) is 3.45. The van der Waals surface area contributed by atoms with Crippen LogP contribution in [0, 0.1) is 17.7 Å². The second-order valence-corrected chi connectivity index (χ2v) is 6.13. The summed E-state index contributed by atoms with van der Waals surface area (Å²) in [5, 5.41) is 2.57. The summed E-state index contributed by atoms with van der Waals surface area (Å²) in [5.41, 5.74) is 0.364. The van der Waals surface area contributed by atoms with Gasteiger partial charge in [-0.3, -0.25) is 19.3 Å². The molecule has 0 radical (unpaired) electrons. The molecule has 0 spiro atoms. The second kappa shape index (κ2) is 6.48. The molecule has 2 aliphatic rings. The molecule has 122 valence electrons. The summed E-state index contributed by atoms with van der Waals surface area (Å²) in [7, 11) is 0. The monoisotopic (exact) mass is 318 g/mol. The average Bonchev–Trinajstić information content (AvgIpc) is 2.77. The molecule has 1 aliphatic carbocycles. The molecule has 1 aliphatic heterocycles. The number of fused-ring (bicyclic) bond motifs is 1. The van der Waals surface area contributed by atoms with Crippen LogP contribution in [0.2, 0.25) is 0 Å². The molecule has 1 saturated carbocycles. The molecule has 0 bridgehead atoms. The van der Waals surface area contributed by atoms with Crippen molar-refractivity contribution in [3.63, 3.8) is 0 Å². The Bertz CT molecular complexity index is 622. The van der Waals surface area contributed by atoms with Crippen LogP contribution >= 0.6 is 0 Å². The highest BCUT2D eigenvalue weighted by Crippen LogP contribution is 2.37. The Kier molecular flexibility index (Phi) is 4.41. The van der Waals surface area contributed by atoms with Crippen LogP contribution in [0.4, 0.5) is 10.1 Å².